The lowest BCUT2D eigenvalue weighted by molar-refractivity contribution is -0.115. The van der Waals surface area contributed by atoms with Crippen LogP contribution < -0.4 is 10.6 Å². The summed E-state index contributed by atoms with van der Waals surface area (Å²) in [4.78, 5) is 31.5. The number of nitrogens with one attached hydrogen (secondary N) is 3. The number of anilines is 1. The lowest BCUT2D eigenvalue weighted by Gasteiger charge is -2.02. The van der Waals surface area contributed by atoms with Crippen LogP contribution in [0.2, 0.25) is 0 Å². The number of hydrogen-bond donors (Lipinski definition) is 3. The van der Waals surface area contributed by atoms with Crippen molar-refractivity contribution in [1.82, 2.24) is 20.4 Å². The number of fused-ring (bicyclic) bond motifs is 1. The van der Waals surface area contributed by atoms with Gasteiger partial charge >= 0.3 is 11.8 Å². The van der Waals surface area contributed by atoms with E-state index < -0.39 is 5.91 Å². The molecule has 8 heteroatoms. The van der Waals surface area contributed by atoms with E-state index in [1.54, 1.807) is 12.1 Å². The van der Waals surface area contributed by atoms with E-state index in [0.29, 0.717) is 18.7 Å². The van der Waals surface area contributed by atoms with Gasteiger partial charge in [-0.2, -0.15) is 4.98 Å². The van der Waals surface area contributed by atoms with E-state index in [-0.39, 0.29) is 24.0 Å². The molecule has 0 aliphatic rings. The minimum Gasteiger partial charge on any atom is -0.361 e. The molecule has 0 radical (unpaired) electrons. The Balaban J connectivity index is 1.28. The van der Waals surface area contributed by atoms with Crippen LogP contribution in [0.15, 0.2) is 65.3 Å². The highest BCUT2D eigenvalue weighted by Crippen LogP contribution is 2.17. The summed E-state index contributed by atoms with van der Waals surface area (Å²) in [6, 6.07) is 17.0. The number of amides is 2. The number of benzene rings is 2. The van der Waals surface area contributed by atoms with Gasteiger partial charge in [-0.15, -0.1) is 0 Å². The highest BCUT2D eigenvalue weighted by Gasteiger charge is 2.17. The third-order valence-electron chi connectivity index (χ3n) is 4.39. The zero-order chi connectivity index (χ0) is 20.1. The first-order valence-electron chi connectivity index (χ1n) is 9.20. The molecule has 3 N–H and O–H groups in total. The van der Waals surface area contributed by atoms with Gasteiger partial charge in [0.25, 0.3) is 0 Å². The summed E-state index contributed by atoms with van der Waals surface area (Å²) in [5, 5.41) is 10.3. The molecule has 0 aliphatic heterocycles. The highest BCUT2D eigenvalue weighted by molar-refractivity contribution is 5.92. The maximum Gasteiger partial charge on any atom is 0.315 e. The average molecular weight is 389 g/mol. The van der Waals surface area contributed by atoms with E-state index in [2.05, 4.69) is 25.8 Å². The third kappa shape index (κ3) is 4.49. The normalized spacial score (nSPS) is 10.8. The molecule has 0 saturated heterocycles. The Hall–Kier alpha value is -3.94. The Morgan fingerprint density at radius 2 is 1.83 bits per heavy atom. The van der Waals surface area contributed by atoms with Crippen LogP contribution in [0.25, 0.3) is 10.9 Å². The van der Waals surface area contributed by atoms with Crippen molar-refractivity contribution in [3.8, 4) is 0 Å². The average Bonchev–Trinajstić information content (AvgIpc) is 3.36. The first-order valence-corrected chi connectivity index (χ1v) is 9.20. The van der Waals surface area contributed by atoms with Crippen LogP contribution in [0.4, 0.5) is 5.69 Å². The molecule has 0 unspecified atom stereocenters. The maximum atomic E-state index is 12.2. The number of aromatic amines is 1. The number of hydrogen-bond acceptors (Lipinski definition) is 5. The monoisotopic (exact) mass is 389 g/mol. The minimum absolute atomic E-state index is 0.0823. The Labute approximate surface area is 166 Å². The molecule has 0 atom stereocenters. The number of carbonyl (C=O) groups is 2. The van der Waals surface area contributed by atoms with Gasteiger partial charge in [-0.05, 0) is 30.2 Å². The smallest absolute Gasteiger partial charge is 0.315 e. The Kier molecular flexibility index (Phi) is 5.33. The molecule has 2 heterocycles. The SMILES string of the molecule is O=C(Cc1noc(C(=O)NCCc2c[nH]c3ccccc23)n1)Nc1ccccc1. The van der Waals surface area contributed by atoms with E-state index in [0.717, 1.165) is 16.5 Å². The molecule has 8 nitrogen and oxygen atoms in total. The van der Waals surface area contributed by atoms with Crippen LogP contribution in [0.5, 0.6) is 0 Å². The lowest BCUT2D eigenvalue weighted by atomic mass is 10.1. The standard InChI is InChI=1S/C21H19N5O3/c27-19(24-15-6-2-1-3-7-15)12-18-25-21(29-26-18)20(28)22-11-10-14-13-23-17-9-5-4-8-16(14)17/h1-9,13,23H,10-12H2,(H,22,28)(H,24,27). The van der Waals surface area contributed by atoms with Gasteiger partial charge in [0.05, 0.1) is 6.42 Å². The number of para-hydroxylation sites is 2. The Morgan fingerprint density at radius 1 is 1.03 bits per heavy atom. The zero-order valence-electron chi connectivity index (χ0n) is 15.5. The van der Waals surface area contributed by atoms with Crippen LogP contribution in [0.1, 0.15) is 22.1 Å². The van der Waals surface area contributed by atoms with E-state index in [1.165, 1.54) is 0 Å². The second kappa shape index (κ2) is 8.39. The molecular weight excluding hydrogens is 370 g/mol. The molecule has 29 heavy (non-hydrogen) atoms. The first kappa shape index (κ1) is 18.4. The topological polar surface area (TPSA) is 113 Å². The van der Waals surface area contributed by atoms with Gasteiger partial charge < -0.3 is 20.1 Å². The van der Waals surface area contributed by atoms with E-state index in [4.69, 9.17) is 4.52 Å². The maximum absolute atomic E-state index is 12.2. The number of rotatable bonds is 7. The van der Waals surface area contributed by atoms with Crippen LogP contribution in [0, 0.1) is 0 Å². The van der Waals surface area contributed by atoms with Crippen LogP contribution in [-0.2, 0) is 17.6 Å². The van der Waals surface area contributed by atoms with Crippen molar-refractivity contribution in [3.05, 3.63) is 78.1 Å². The molecule has 4 rings (SSSR count). The van der Waals surface area contributed by atoms with Crippen molar-refractivity contribution in [2.45, 2.75) is 12.8 Å². The minimum atomic E-state index is -0.466. The molecule has 0 saturated carbocycles. The van der Waals surface area contributed by atoms with Gasteiger partial charge in [0.2, 0.25) is 5.91 Å². The first-order chi connectivity index (χ1) is 14.2. The molecule has 4 aromatic rings. The zero-order valence-corrected chi connectivity index (χ0v) is 15.5. The second-order valence-electron chi connectivity index (χ2n) is 6.47. The number of H-pyrrole nitrogens is 1. The molecular formula is C21H19N5O3. The number of nitrogens with zero attached hydrogens (tertiary/aromatic N) is 2. The lowest BCUT2D eigenvalue weighted by Crippen LogP contribution is -2.26. The largest absolute Gasteiger partial charge is 0.361 e. The molecule has 2 amide bonds. The van der Waals surface area contributed by atoms with E-state index in [1.807, 2.05) is 48.7 Å². The summed E-state index contributed by atoms with van der Waals surface area (Å²) in [5.41, 5.74) is 2.85. The summed E-state index contributed by atoms with van der Waals surface area (Å²) in [7, 11) is 0. The summed E-state index contributed by atoms with van der Waals surface area (Å²) >= 11 is 0. The molecule has 0 aliphatic carbocycles. The molecule has 0 bridgehead atoms. The van der Waals surface area contributed by atoms with Gasteiger partial charge in [0.15, 0.2) is 5.82 Å². The Morgan fingerprint density at radius 3 is 2.69 bits per heavy atom. The molecule has 2 aromatic heterocycles. The summed E-state index contributed by atoms with van der Waals surface area (Å²) in [6.07, 6.45) is 2.52. The predicted octanol–water partition coefficient (Wildman–Crippen LogP) is 2.70. The fourth-order valence-corrected chi connectivity index (χ4v) is 3.01. The van der Waals surface area contributed by atoms with Crippen molar-refractivity contribution in [2.75, 3.05) is 11.9 Å². The number of carbonyl (C=O) groups excluding carboxylic acids is 2. The van der Waals surface area contributed by atoms with Crippen molar-refractivity contribution in [2.24, 2.45) is 0 Å². The van der Waals surface area contributed by atoms with Crippen molar-refractivity contribution in [3.63, 3.8) is 0 Å². The summed E-state index contributed by atoms with van der Waals surface area (Å²) < 4.78 is 4.98. The van der Waals surface area contributed by atoms with Crippen molar-refractivity contribution < 1.29 is 14.1 Å². The highest BCUT2D eigenvalue weighted by atomic mass is 16.5. The summed E-state index contributed by atoms with van der Waals surface area (Å²) in [6.45, 7) is 0.423. The molecule has 2 aromatic carbocycles. The van der Waals surface area contributed by atoms with Crippen molar-refractivity contribution >= 4 is 28.4 Å². The van der Waals surface area contributed by atoms with Gasteiger partial charge in [0, 0.05) is 29.3 Å². The van der Waals surface area contributed by atoms with Gasteiger partial charge in [0.1, 0.15) is 0 Å². The molecule has 0 spiro atoms. The predicted molar refractivity (Wildman–Crippen MR) is 107 cm³/mol. The van der Waals surface area contributed by atoms with Gasteiger partial charge in [-0.3, -0.25) is 9.59 Å². The van der Waals surface area contributed by atoms with Gasteiger partial charge in [-0.1, -0.05) is 41.6 Å². The van der Waals surface area contributed by atoms with E-state index >= 15 is 0 Å². The van der Waals surface area contributed by atoms with Crippen LogP contribution in [-0.4, -0.2) is 33.5 Å². The quantitative estimate of drug-likeness (QED) is 0.450. The van der Waals surface area contributed by atoms with Crippen LogP contribution >= 0.6 is 0 Å². The fraction of sp³-hybridized carbons (Fsp3) is 0.143. The fourth-order valence-electron chi connectivity index (χ4n) is 3.01. The van der Waals surface area contributed by atoms with Crippen LogP contribution in [0.3, 0.4) is 0 Å². The van der Waals surface area contributed by atoms with Crippen molar-refractivity contribution in [1.29, 1.82) is 0 Å². The summed E-state index contributed by atoms with van der Waals surface area (Å²) in [5.74, 6) is -0.762. The number of aromatic nitrogens is 3. The third-order valence-corrected chi connectivity index (χ3v) is 4.39. The Bertz CT molecular complexity index is 1130. The molecule has 0 fully saturated rings. The molecule has 146 valence electrons. The van der Waals surface area contributed by atoms with Gasteiger partial charge in [-0.25, -0.2) is 0 Å². The van der Waals surface area contributed by atoms with E-state index in [9.17, 15) is 9.59 Å². The second-order valence-corrected chi connectivity index (χ2v) is 6.47.